The van der Waals surface area contributed by atoms with Gasteiger partial charge in [0.1, 0.15) is 23.4 Å². The number of amides is 1. The van der Waals surface area contributed by atoms with E-state index in [9.17, 15) is 18.0 Å². The van der Waals surface area contributed by atoms with Gasteiger partial charge in [0.2, 0.25) is 0 Å². The number of benzene rings is 2. The molecule has 0 aliphatic heterocycles. The number of hydrogen-bond acceptors (Lipinski definition) is 11. The zero-order chi connectivity index (χ0) is 28.4. The second-order valence-corrected chi connectivity index (χ2v) is 12.7. The first-order chi connectivity index (χ1) is 18.6. The number of anilines is 1. The van der Waals surface area contributed by atoms with Crippen molar-refractivity contribution >= 4 is 49.9 Å². The van der Waals surface area contributed by atoms with E-state index >= 15 is 0 Å². The van der Waals surface area contributed by atoms with Gasteiger partial charge in [-0.1, -0.05) is 11.3 Å². The van der Waals surface area contributed by atoms with E-state index in [1.165, 1.54) is 47.4 Å². The van der Waals surface area contributed by atoms with E-state index in [0.717, 1.165) is 10.5 Å². The highest BCUT2D eigenvalue weighted by atomic mass is 32.2. The Bertz CT molecular complexity index is 1370. The van der Waals surface area contributed by atoms with Crippen LogP contribution in [0.3, 0.4) is 0 Å². The molecule has 0 aliphatic carbocycles. The van der Waals surface area contributed by atoms with Crippen LogP contribution in [0.25, 0.3) is 0 Å². The number of ether oxygens (including phenoxy) is 4. The van der Waals surface area contributed by atoms with Crippen molar-refractivity contribution in [3.63, 3.8) is 0 Å². The van der Waals surface area contributed by atoms with Crippen molar-refractivity contribution in [3.05, 3.63) is 54.2 Å². The van der Waals surface area contributed by atoms with Crippen molar-refractivity contribution in [2.75, 3.05) is 37.6 Å². The molecule has 10 nitrogen and oxygen atoms in total. The van der Waals surface area contributed by atoms with Crippen molar-refractivity contribution < 1.29 is 37.0 Å². The number of aromatic nitrogens is 1. The summed E-state index contributed by atoms with van der Waals surface area (Å²) < 4.78 is 46.2. The van der Waals surface area contributed by atoms with Crippen LogP contribution in [-0.2, 0) is 24.1 Å². The summed E-state index contributed by atoms with van der Waals surface area (Å²) in [7, 11) is -1.78. The summed E-state index contributed by atoms with van der Waals surface area (Å²) in [5, 5.41) is 3.18. The molecule has 3 aromatic rings. The van der Waals surface area contributed by atoms with Gasteiger partial charge in [-0.25, -0.2) is 13.4 Å². The SMILES string of the molecule is CCOC(=O)CCSc1cnc(NC(=O)c2cc(Oc3ccc(S(C)(=O)=O)cc3)cc(O[C@@H](C)COC)c2)s1. The standard InChI is InChI=1S/C26H30N2O8S3/c1-5-34-23(29)10-11-37-24-15-27-26(38-24)28-25(30)18-12-20(35-17(2)16-33-3)14-21(13-18)36-19-6-8-22(9-7-19)39(4,31)32/h6-9,12-15,17H,5,10-11,16H2,1-4H3,(H,27,28,30)/t17-/m0/s1. The van der Waals surface area contributed by atoms with Crippen LogP contribution >= 0.6 is 23.1 Å². The number of carbonyl (C=O) groups excluding carboxylic acids is 2. The maximum atomic E-state index is 13.1. The lowest BCUT2D eigenvalue weighted by atomic mass is 10.2. The lowest BCUT2D eigenvalue weighted by Crippen LogP contribution is -2.18. The molecule has 0 saturated heterocycles. The maximum absolute atomic E-state index is 13.1. The summed E-state index contributed by atoms with van der Waals surface area (Å²) in [5.74, 6) is 0.969. The quantitative estimate of drug-likeness (QED) is 0.200. The normalized spacial score (nSPS) is 12.0. The highest BCUT2D eigenvalue weighted by Gasteiger charge is 2.16. The smallest absolute Gasteiger partial charge is 0.306 e. The number of nitrogens with zero attached hydrogens (tertiary/aromatic N) is 1. The molecule has 1 aromatic heterocycles. The Morgan fingerprint density at radius 2 is 1.82 bits per heavy atom. The second kappa shape index (κ2) is 14.3. The zero-order valence-electron chi connectivity index (χ0n) is 22.0. The van der Waals surface area contributed by atoms with Gasteiger partial charge in [0.15, 0.2) is 15.0 Å². The molecular formula is C26H30N2O8S3. The van der Waals surface area contributed by atoms with Gasteiger partial charge in [0.05, 0.1) is 34.9 Å². The van der Waals surface area contributed by atoms with Crippen LogP contribution in [0, 0.1) is 0 Å². The third-order valence-electron chi connectivity index (χ3n) is 4.93. The summed E-state index contributed by atoms with van der Waals surface area (Å²) in [5.41, 5.74) is 0.270. The average molecular weight is 595 g/mol. The lowest BCUT2D eigenvalue weighted by molar-refractivity contribution is -0.142. The number of thioether (sulfide) groups is 1. The largest absolute Gasteiger partial charge is 0.488 e. The van der Waals surface area contributed by atoms with Gasteiger partial charge >= 0.3 is 5.97 Å². The molecule has 0 radical (unpaired) electrons. The van der Waals surface area contributed by atoms with Gasteiger partial charge < -0.3 is 18.9 Å². The molecule has 0 aliphatic rings. The number of rotatable bonds is 14. The molecule has 0 unspecified atom stereocenters. The minimum Gasteiger partial charge on any atom is -0.488 e. The van der Waals surface area contributed by atoms with Crippen molar-refractivity contribution in [1.29, 1.82) is 0 Å². The molecule has 1 atom stereocenters. The van der Waals surface area contributed by atoms with Crippen molar-refractivity contribution in [2.45, 2.75) is 35.5 Å². The Labute approximate surface area is 235 Å². The van der Waals surface area contributed by atoms with E-state index in [-0.39, 0.29) is 29.0 Å². The first-order valence-electron chi connectivity index (χ1n) is 11.9. The number of hydrogen-bond donors (Lipinski definition) is 1. The molecule has 0 spiro atoms. The van der Waals surface area contributed by atoms with E-state index in [0.29, 0.717) is 41.3 Å². The third-order valence-corrected chi connectivity index (χ3v) is 8.17. The zero-order valence-corrected chi connectivity index (χ0v) is 24.4. The van der Waals surface area contributed by atoms with Gasteiger partial charge in [-0.3, -0.25) is 14.9 Å². The number of carbonyl (C=O) groups is 2. The van der Waals surface area contributed by atoms with E-state index in [2.05, 4.69) is 10.3 Å². The predicted molar refractivity (Wildman–Crippen MR) is 150 cm³/mol. The Morgan fingerprint density at radius 1 is 1.10 bits per heavy atom. The van der Waals surface area contributed by atoms with E-state index < -0.39 is 15.7 Å². The van der Waals surface area contributed by atoms with Crippen LogP contribution in [-0.4, -0.2) is 63.7 Å². The topological polar surface area (TPSA) is 130 Å². The molecule has 1 heterocycles. The molecule has 13 heteroatoms. The Hall–Kier alpha value is -3.13. The van der Waals surface area contributed by atoms with Crippen LogP contribution in [0.4, 0.5) is 5.13 Å². The first-order valence-corrected chi connectivity index (χ1v) is 15.6. The van der Waals surface area contributed by atoms with E-state index in [1.807, 2.05) is 6.92 Å². The molecule has 2 aromatic carbocycles. The fraction of sp³-hybridized carbons (Fsp3) is 0.346. The molecule has 0 bridgehead atoms. The van der Waals surface area contributed by atoms with Crippen LogP contribution < -0.4 is 14.8 Å². The molecule has 3 rings (SSSR count). The van der Waals surface area contributed by atoms with Crippen LogP contribution in [0.5, 0.6) is 17.2 Å². The summed E-state index contributed by atoms with van der Waals surface area (Å²) >= 11 is 2.74. The van der Waals surface area contributed by atoms with Crippen LogP contribution in [0.2, 0.25) is 0 Å². The Balaban J connectivity index is 1.75. The molecule has 0 saturated carbocycles. The van der Waals surface area contributed by atoms with Crippen LogP contribution in [0.1, 0.15) is 30.6 Å². The van der Waals surface area contributed by atoms with Crippen molar-refractivity contribution in [3.8, 4) is 17.2 Å². The van der Waals surface area contributed by atoms with E-state index in [4.69, 9.17) is 18.9 Å². The minimum absolute atomic E-state index is 0.169. The predicted octanol–water partition coefficient (Wildman–Crippen LogP) is 5.05. The van der Waals surface area contributed by atoms with Gasteiger partial charge in [0.25, 0.3) is 5.91 Å². The Kier molecular flexibility index (Phi) is 11.2. The molecule has 0 fully saturated rings. The molecule has 210 valence electrons. The number of thiazole rings is 1. The number of methoxy groups -OCH3 is 1. The number of nitrogens with one attached hydrogen (secondary N) is 1. The minimum atomic E-state index is -3.34. The fourth-order valence-corrected chi connectivity index (χ4v) is 5.74. The Morgan fingerprint density at radius 3 is 2.49 bits per heavy atom. The number of sulfone groups is 1. The second-order valence-electron chi connectivity index (χ2n) is 8.26. The highest BCUT2D eigenvalue weighted by molar-refractivity contribution is 8.01. The third kappa shape index (κ3) is 9.84. The van der Waals surface area contributed by atoms with Crippen molar-refractivity contribution in [1.82, 2.24) is 4.98 Å². The monoisotopic (exact) mass is 594 g/mol. The molecule has 39 heavy (non-hydrogen) atoms. The van der Waals surface area contributed by atoms with Crippen LogP contribution in [0.15, 0.2) is 57.8 Å². The summed E-state index contributed by atoms with van der Waals surface area (Å²) in [6.07, 6.45) is 2.76. The fourth-order valence-electron chi connectivity index (χ4n) is 3.24. The molecule has 1 N–H and O–H groups in total. The maximum Gasteiger partial charge on any atom is 0.306 e. The highest BCUT2D eigenvalue weighted by Crippen LogP contribution is 2.31. The molecule has 1 amide bonds. The summed E-state index contributed by atoms with van der Waals surface area (Å²) in [6, 6.07) is 10.7. The first kappa shape index (κ1) is 30.4. The van der Waals surface area contributed by atoms with Gasteiger partial charge in [-0.2, -0.15) is 0 Å². The lowest BCUT2D eigenvalue weighted by Gasteiger charge is -2.16. The van der Waals surface area contributed by atoms with E-state index in [1.54, 1.807) is 38.4 Å². The van der Waals surface area contributed by atoms with Gasteiger partial charge in [-0.05, 0) is 50.2 Å². The summed E-state index contributed by atoms with van der Waals surface area (Å²) in [4.78, 5) is 29.0. The number of esters is 1. The van der Waals surface area contributed by atoms with Crippen molar-refractivity contribution in [2.24, 2.45) is 0 Å². The summed E-state index contributed by atoms with van der Waals surface area (Å²) in [6.45, 7) is 4.28. The van der Waals surface area contributed by atoms with Gasteiger partial charge in [-0.15, -0.1) is 11.8 Å². The molecular weight excluding hydrogens is 564 g/mol. The average Bonchev–Trinajstić information content (AvgIpc) is 3.31. The van der Waals surface area contributed by atoms with Gasteiger partial charge in [0, 0.05) is 30.7 Å².